The van der Waals surface area contributed by atoms with Gasteiger partial charge in [-0.3, -0.25) is 9.59 Å². The lowest BCUT2D eigenvalue weighted by molar-refractivity contribution is -0.162. The summed E-state index contributed by atoms with van der Waals surface area (Å²) >= 11 is 0. The zero-order valence-electron chi connectivity index (χ0n) is 16.7. The molecule has 2 atom stereocenters. The first kappa shape index (κ1) is 19.9. The Bertz CT molecular complexity index is 915. The highest BCUT2D eigenvalue weighted by Crippen LogP contribution is 2.32. The zero-order valence-corrected chi connectivity index (χ0v) is 16.7. The molecule has 0 aliphatic heterocycles. The normalized spacial score (nSPS) is 17.6. The van der Waals surface area contributed by atoms with Crippen LogP contribution in [0.1, 0.15) is 22.3 Å². The molecule has 0 radical (unpaired) electrons. The molecule has 4 rings (SSSR count). The minimum Gasteiger partial charge on any atom is -0.461 e. The fourth-order valence-electron chi connectivity index (χ4n) is 3.88. The summed E-state index contributed by atoms with van der Waals surface area (Å²) in [5, 5.41) is 0. The summed E-state index contributed by atoms with van der Waals surface area (Å²) in [6, 6.07) is 27.1. The highest BCUT2D eigenvalue weighted by Gasteiger charge is 2.40. The number of carbonyl (C=O) groups is 2. The Morgan fingerprint density at radius 1 is 0.600 bits per heavy atom. The molecule has 0 amide bonds. The van der Waals surface area contributed by atoms with Crippen LogP contribution in [0.2, 0.25) is 0 Å². The van der Waals surface area contributed by atoms with E-state index in [0.29, 0.717) is 12.8 Å². The molecular formula is C26H24O4. The van der Waals surface area contributed by atoms with Crippen molar-refractivity contribution >= 4 is 11.9 Å². The zero-order chi connectivity index (χ0) is 20.8. The summed E-state index contributed by atoms with van der Waals surface area (Å²) in [7, 11) is 0. The van der Waals surface area contributed by atoms with E-state index < -0.39 is 11.8 Å². The number of hydrogen-bond donors (Lipinski definition) is 0. The molecule has 0 fully saturated rings. The lowest BCUT2D eigenvalue weighted by atomic mass is 9.76. The molecular weight excluding hydrogens is 376 g/mol. The number of carbonyl (C=O) groups excluding carboxylic acids is 2. The fourth-order valence-corrected chi connectivity index (χ4v) is 3.88. The van der Waals surface area contributed by atoms with E-state index in [-0.39, 0.29) is 25.2 Å². The topological polar surface area (TPSA) is 52.6 Å². The molecule has 0 heterocycles. The average molecular weight is 400 g/mol. The monoisotopic (exact) mass is 400 g/mol. The van der Waals surface area contributed by atoms with Gasteiger partial charge < -0.3 is 9.47 Å². The van der Waals surface area contributed by atoms with Crippen molar-refractivity contribution in [2.75, 3.05) is 0 Å². The molecule has 152 valence electrons. The maximum absolute atomic E-state index is 12.9. The molecule has 1 aliphatic carbocycles. The molecule has 0 bridgehead atoms. The molecule has 0 saturated heterocycles. The predicted octanol–water partition coefficient (Wildman–Crippen LogP) is 4.50. The SMILES string of the molecule is O=C(OCc1ccccc1)[C@H]1Cc2ccccc2C[C@@H]1C(=O)OCc1ccccc1. The van der Waals surface area contributed by atoms with Gasteiger partial charge in [0.1, 0.15) is 13.2 Å². The van der Waals surface area contributed by atoms with Crippen LogP contribution in [-0.2, 0) is 45.1 Å². The highest BCUT2D eigenvalue weighted by atomic mass is 16.5. The Labute approximate surface area is 176 Å². The maximum Gasteiger partial charge on any atom is 0.310 e. The Hall–Kier alpha value is -3.40. The summed E-state index contributed by atoms with van der Waals surface area (Å²) in [6.45, 7) is 0.396. The second-order valence-electron chi connectivity index (χ2n) is 7.58. The van der Waals surface area contributed by atoms with Gasteiger partial charge in [-0.25, -0.2) is 0 Å². The summed E-state index contributed by atoms with van der Waals surface area (Å²) in [4.78, 5) is 25.9. The van der Waals surface area contributed by atoms with Crippen molar-refractivity contribution in [1.82, 2.24) is 0 Å². The first-order valence-corrected chi connectivity index (χ1v) is 10.2. The van der Waals surface area contributed by atoms with Gasteiger partial charge in [-0.1, -0.05) is 84.9 Å². The van der Waals surface area contributed by atoms with E-state index in [9.17, 15) is 9.59 Å². The Morgan fingerprint density at radius 2 is 0.967 bits per heavy atom. The average Bonchev–Trinajstić information content (AvgIpc) is 2.81. The van der Waals surface area contributed by atoms with Gasteiger partial charge in [0.15, 0.2) is 0 Å². The van der Waals surface area contributed by atoms with Crippen molar-refractivity contribution in [3.8, 4) is 0 Å². The quantitative estimate of drug-likeness (QED) is 0.572. The van der Waals surface area contributed by atoms with Crippen LogP contribution in [0, 0.1) is 11.8 Å². The summed E-state index contributed by atoms with van der Waals surface area (Å²) in [5.74, 6) is -1.80. The lowest BCUT2D eigenvalue weighted by Crippen LogP contribution is -2.38. The third-order valence-corrected chi connectivity index (χ3v) is 5.54. The maximum atomic E-state index is 12.9. The molecule has 0 spiro atoms. The first-order valence-electron chi connectivity index (χ1n) is 10.2. The van der Waals surface area contributed by atoms with Crippen LogP contribution in [0.4, 0.5) is 0 Å². The molecule has 0 saturated carbocycles. The first-order chi connectivity index (χ1) is 14.7. The number of esters is 2. The van der Waals surface area contributed by atoms with Crippen molar-refractivity contribution < 1.29 is 19.1 Å². The molecule has 0 unspecified atom stereocenters. The van der Waals surface area contributed by atoms with E-state index in [2.05, 4.69) is 0 Å². The number of fused-ring (bicyclic) bond motifs is 1. The molecule has 0 N–H and O–H groups in total. The van der Waals surface area contributed by atoms with Crippen LogP contribution < -0.4 is 0 Å². The van der Waals surface area contributed by atoms with Gasteiger partial charge in [0.05, 0.1) is 11.8 Å². The van der Waals surface area contributed by atoms with E-state index in [4.69, 9.17) is 9.47 Å². The van der Waals surface area contributed by atoms with E-state index in [1.54, 1.807) is 0 Å². The van der Waals surface area contributed by atoms with Crippen LogP contribution in [0.5, 0.6) is 0 Å². The van der Waals surface area contributed by atoms with Crippen molar-refractivity contribution in [3.63, 3.8) is 0 Å². The number of rotatable bonds is 6. The standard InChI is InChI=1S/C26H24O4/c27-25(29-17-19-9-3-1-4-10-19)23-15-21-13-7-8-14-22(21)16-24(23)26(28)30-18-20-11-5-2-6-12-20/h1-14,23-24H,15-18H2/t23-,24-/m0/s1. The molecule has 4 heteroatoms. The van der Waals surface area contributed by atoms with Gasteiger partial charge >= 0.3 is 11.9 Å². The van der Waals surface area contributed by atoms with Crippen LogP contribution in [0.25, 0.3) is 0 Å². The fraction of sp³-hybridized carbons (Fsp3) is 0.231. The summed E-state index contributed by atoms with van der Waals surface area (Å²) in [5.41, 5.74) is 4.02. The van der Waals surface area contributed by atoms with Crippen molar-refractivity contribution in [1.29, 1.82) is 0 Å². The van der Waals surface area contributed by atoms with E-state index in [0.717, 1.165) is 22.3 Å². The summed E-state index contributed by atoms with van der Waals surface area (Å²) < 4.78 is 11.2. The van der Waals surface area contributed by atoms with Gasteiger partial charge in [0.25, 0.3) is 0 Å². The number of hydrogen-bond acceptors (Lipinski definition) is 4. The van der Waals surface area contributed by atoms with Crippen LogP contribution in [0.3, 0.4) is 0 Å². The van der Waals surface area contributed by atoms with Gasteiger partial charge in [-0.2, -0.15) is 0 Å². The van der Waals surface area contributed by atoms with Crippen LogP contribution >= 0.6 is 0 Å². The molecule has 30 heavy (non-hydrogen) atoms. The molecule has 0 aromatic heterocycles. The van der Waals surface area contributed by atoms with E-state index >= 15 is 0 Å². The highest BCUT2D eigenvalue weighted by molar-refractivity contribution is 5.83. The number of benzene rings is 3. The second-order valence-corrected chi connectivity index (χ2v) is 7.58. The lowest BCUT2D eigenvalue weighted by Gasteiger charge is -2.30. The van der Waals surface area contributed by atoms with E-state index in [1.165, 1.54) is 0 Å². The molecule has 3 aromatic carbocycles. The third-order valence-electron chi connectivity index (χ3n) is 5.54. The van der Waals surface area contributed by atoms with E-state index in [1.807, 2.05) is 84.9 Å². The molecule has 1 aliphatic rings. The molecule has 3 aromatic rings. The van der Waals surface area contributed by atoms with Gasteiger partial charge in [-0.15, -0.1) is 0 Å². The Kier molecular flexibility index (Phi) is 6.23. The van der Waals surface area contributed by atoms with Gasteiger partial charge in [0, 0.05) is 0 Å². The smallest absolute Gasteiger partial charge is 0.310 e. The Morgan fingerprint density at radius 3 is 1.37 bits per heavy atom. The third kappa shape index (κ3) is 4.77. The second kappa shape index (κ2) is 9.40. The number of ether oxygens (including phenoxy) is 2. The minimum atomic E-state index is -0.549. The van der Waals surface area contributed by atoms with Gasteiger partial charge in [0.2, 0.25) is 0 Å². The van der Waals surface area contributed by atoms with Crippen molar-refractivity contribution in [3.05, 3.63) is 107 Å². The summed E-state index contributed by atoms with van der Waals surface area (Å²) in [6.07, 6.45) is 0.962. The van der Waals surface area contributed by atoms with Gasteiger partial charge in [-0.05, 0) is 35.1 Å². The van der Waals surface area contributed by atoms with Crippen molar-refractivity contribution in [2.24, 2.45) is 11.8 Å². The predicted molar refractivity (Wildman–Crippen MR) is 113 cm³/mol. The largest absolute Gasteiger partial charge is 0.461 e. The van der Waals surface area contributed by atoms with Crippen LogP contribution in [0.15, 0.2) is 84.9 Å². The molecule has 4 nitrogen and oxygen atoms in total. The van der Waals surface area contributed by atoms with Crippen molar-refractivity contribution in [2.45, 2.75) is 26.1 Å². The Balaban J connectivity index is 1.48. The van der Waals surface area contributed by atoms with Crippen LogP contribution in [-0.4, -0.2) is 11.9 Å². The minimum absolute atomic E-state index is 0.198.